The average Bonchev–Trinajstić information content (AvgIpc) is 2.43. The first-order valence-electron chi connectivity index (χ1n) is 6.50. The van der Waals surface area contributed by atoms with Crippen molar-refractivity contribution < 1.29 is 5.11 Å². The summed E-state index contributed by atoms with van der Waals surface area (Å²) in [6.07, 6.45) is 0. The molecule has 0 saturated carbocycles. The Labute approximate surface area is 124 Å². The molecule has 0 radical (unpaired) electrons. The van der Waals surface area contributed by atoms with Crippen LogP contribution in [0, 0.1) is 0 Å². The number of nitrogen functional groups attached to an aromatic ring is 1. The van der Waals surface area contributed by atoms with Crippen molar-refractivity contribution in [1.29, 1.82) is 0 Å². The smallest absolute Gasteiger partial charge is 0.138 e. The third-order valence-electron chi connectivity index (χ3n) is 3.54. The molecule has 3 nitrogen and oxygen atoms in total. The van der Waals surface area contributed by atoms with Gasteiger partial charge >= 0.3 is 0 Å². The number of rotatable bonds is 4. The molecule has 0 aliphatic carbocycles. The van der Waals surface area contributed by atoms with Gasteiger partial charge in [-0.05, 0) is 49.4 Å². The first-order chi connectivity index (χ1) is 9.47. The average molecular weight is 291 g/mol. The van der Waals surface area contributed by atoms with Crippen LogP contribution >= 0.6 is 11.6 Å². The van der Waals surface area contributed by atoms with E-state index in [1.807, 2.05) is 30.3 Å². The third kappa shape index (κ3) is 3.44. The van der Waals surface area contributed by atoms with Crippen molar-refractivity contribution in [2.45, 2.75) is 19.5 Å². The van der Waals surface area contributed by atoms with Crippen molar-refractivity contribution in [3.05, 3.63) is 58.6 Å². The Bertz CT molecular complexity index is 584. The van der Waals surface area contributed by atoms with Crippen molar-refractivity contribution in [2.75, 3.05) is 12.8 Å². The summed E-state index contributed by atoms with van der Waals surface area (Å²) in [5, 5.41) is 10.2. The standard InChI is InChI=1S/C16H19ClN2O/c1-11(13-4-6-14(17)7-5-13)19(2)10-12-3-8-16(20)15(18)9-12/h3-9,11,20H,10,18H2,1-2H3. The predicted molar refractivity (Wildman–Crippen MR) is 83.9 cm³/mol. The quantitative estimate of drug-likeness (QED) is 0.665. The second kappa shape index (κ2) is 6.16. The minimum atomic E-state index is 0.127. The van der Waals surface area contributed by atoms with Gasteiger partial charge in [0.25, 0.3) is 0 Å². The predicted octanol–water partition coefficient (Wildman–Crippen LogP) is 3.82. The summed E-state index contributed by atoms with van der Waals surface area (Å²) in [5.74, 6) is 0.127. The lowest BCUT2D eigenvalue weighted by molar-refractivity contribution is 0.253. The zero-order chi connectivity index (χ0) is 14.7. The van der Waals surface area contributed by atoms with E-state index in [9.17, 15) is 5.11 Å². The number of nitrogens with zero attached hydrogens (tertiary/aromatic N) is 1. The highest BCUT2D eigenvalue weighted by molar-refractivity contribution is 6.30. The molecule has 0 aliphatic heterocycles. The van der Waals surface area contributed by atoms with Gasteiger partial charge in [-0.25, -0.2) is 0 Å². The first-order valence-corrected chi connectivity index (χ1v) is 6.88. The van der Waals surface area contributed by atoms with Gasteiger partial charge < -0.3 is 10.8 Å². The molecule has 0 fully saturated rings. The zero-order valence-corrected chi connectivity index (χ0v) is 12.4. The lowest BCUT2D eigenvalue weighted by Gasteiger charge is -2.25. The molecule has 3 N–H and O–H groups in total. The second-order valence-corrected chi connectivity index (χ2v) is 5.47. The van der Waals surface area contributed by atoms with Gasteiger partial charge in [0.1, 0.15) is 5.75 Å². The van der Waals surface area contributed by atoms with Gasteiger partial charge in [0.15, 0.2) is 0 Å². The highest BCUT2D eigenvalue weighted by Gasteiger charge is 2.12. The van der Waals surface area contributed by atoms with E-state index in [1.54, 1.807) is 12.1 Å². The molecular formula is C16H19ClN2O. The molecule has 0 spiro atoms. The highest BCUT2D eigenvalue weighted by atomic mass is 35.5. The molecule has 2 aromatic rings. The van der Waals surface area contributed by atoms with Crippen LogP contribution in [-0.2, 0) is 6.54 Å². The minimum Gasteiger partial charge on any atom is -0.506 e. The molecule has 0 aromatic heterocycles. The van der Waals surface area contributed by atoms with Crippen LogP contribution < -0.4 is 5.73 Å². The van der Waals surface area contributed by atoms with E-state index in [2.05, 4.69) is 18.9 Å². The number of phenols is 1. The molecular weight excluding hydrogens is 272 g/mol. The maximum absolute atomic E-state index is 9.44. The lowest BCUT2D eigenvalue weighted by atomic mass is 10.1. The number of aromatic hydroxyl groups is 1. The van der Waals surface area contributed by atoms with E-state index in [0.717, 1.165) is 17.1 Å². The van der Waals surface area contributed by atoms with Gasteiger partial charge in [-0.2, -0.15) is 0 Å². The largest absolute Gasteiger partial charge is 0.506 e. The molecule has 106 valence electrons. The summed E-state index contributed by atoms with van der Waals surface area (Å²) in [7, 11) is 2.06. The van der Waals surface area contributed by atoms with Crippen molar-refractivity contribution in [1.82, 2.24) is 4.90 Å². The van der Waals surface area contributed by atoms with Crippen LogP contribution in [0.5, 0.6) is 5.75 Å². The molecule has 2 rings (SSSR count). The number of benzene rings is 2. The fourth-order valence-corrected chi connectivity index (χ4v) is 2.25. The van der Waals surface area contributed by atoms with Crippen LogP contribution in [0.15, 0.2) is 42.5 Å². The molecule has 2 aromatic carbocycles. The number of halogens is 1. The maximum atomic E-state index is 9.44. The summed E-state index contributed by atoms with van der Waals surface area (Å²) >= 11 is 5.91. The molecule has 0 bridgehead atoms. The normalized spacial score (nSPS) is 12.6. The Morgan fingerprint density at radius 3 is 2.45 bits per heavy atom. The van der Waals surface area contributed by atoms with E-state index in [1.165, 1.54) is 5.56 Å². The molecule has 1 atom stereocenters. The molecule has 0 amide bonds. The van der Waals surface area contributed by atoms with E-state index in [0.29, 0.717) is 5.69 Å². The van der Waals surface area contributed by atoms with Crippen LogP contribution in [0.4, 0.5) is 5.69 Å². The Morgan fingerprint density at radius 1 is 1.20 bits per heavy atom. The lowest BCUT2D eigenvalue weighted by Crippen LogP contribution is -2.21. The monoisotopic (exact) mass is 290 g/mol. The maximum Gasteiger partial charge on any atom is 0.138 e. The van der Waals surface area contributed by atoms with Gasteiger partial charge in [0.2, 0.25) is 0 Å². The molecule has 1 unspecified atom stereocenters. The fraction of sp³-hybridized carbons (Fsp3) is 0.250. The van der Waals surface area contributed by atoms with Crippen LogP contribution in [0.2, 0.25) is 5.02 Å². The van der Waals surface area contributed by atoms with Gasteiger partial charge in [-0.15, -0.1) is 0 Å². The van der Waals surface area contributed by atoms with Crippen LogP contribution in [0.25, 0.3) is 0 Å². The summed E-state index contributed by atoms with van der Waals surface area (Å²) in [6.45, 7) is 2.90. The SMILES string of the molecule is CC(c1ccc(Cl)cc1)N(C)Cc1ccc(O)c(N)c1. The number of anilines is 1. The zero-order valence-electron chi connectivity index (χ0n) is 11.7. The summed E-state index contributed by atoms with van der Waals surface area (Å²) < 4.78 is 0. The topological polar surface area (TPSA) is 49.5 Å². The fourth-order valence-electron chi connectivity index (χ4n) is 2.12. The summed E-state index contributed by atoms with van der Waals surface area (Å²) in [4.78, 5) is 2.22. The van der Waals surface area contributed by atoms with E-state index in [4.69, 9.17) is 17.3 Å². The molecule has 0 aliphatic rings. The van der Waals surface area contributed by atoms with Gasteiger partial charge in [0.05, 0.1) is 5.69 Å². The Balaban J connectivity index is 2.08. The Hall–Kier alpha value is -1.71. The summed E-state index contributed by atoms with van der Waals surface area (Å²) in [6, 6.07) is 13.5. The number of nitrogens with two attached hydrogens (primary N) is 1. The number of hydrogen-bond donors (Lipinski definition) is 2. The van der Waals surface area contributed by atoms with Crippen LogP contribution in [-0.4, -0.2) is 17.1 Å². The second-order valence-electron chi connectivity index (χ2n) is 5.04. The van der Waals surface area contributed by atoms with Crippen molar-refractivity contribution >= 4 is 17.3 Å². The van der Waals surface area contributed by atoms with E-state index < -0.39 is 0 Å². The molecule has 20 heavy (non-hydrogen) atoms. The van der Waals surface area contributed by atoms with E-state index in [-0.39, 0.29) is 11.8 Å². The van der Waals surface area contributed by atoms with Crippen LogP contribution in [0.1, 0.15) is 24.1 Å². The molecule has 0 saturated heterocycles. The number of hydrogen-bond acceptors (Lipinski definition) is 3. The molecule has 0 heterocycles. The Kier molecular flexibility index (Phi) is 4.53. The first kappa shape index (κ1) is 14.7. The van der Waals surface area contributed by atoms with Gasteiger partial charge in [0, 0.05) is 17.6 Å². The van der Waals surface area contributed by atoms with E-state index >= 15 is 0 Å². The number of phenolic OH excluding ortho intramolecular Hbond substituents is 1. The van der Waals surface area contributed by atoms with Gasteiger partial charge in [-0.1, -0.05) is 29.8 Å². The summed E-state index contributed by atoms with van der Waals surface area (Å²) in [5.41, 5.74) is 8.41. The highest BCUT2D eigenvalue weighted by Crippen LogP contribution is 2.25. The van der Waals surface area contributed by atoms with Gasteiger partial charge in [-0.3, -0.25) is 4.90 Å². The van der Waals surface area contributed by atoms with Crippen LogP contribution in [0.3, 0.4) is 0 Å². The molecule has 4 heteroatoms. The third-order valence-corrected chi connectivity index (χ3v) is 3.79. The van der Waals surface area contributed by atoms with Crippen molar-refractivity contribution in [3.8, 4) is 5.75 Å². The minimum absolute atomic E-state index is 0.127. The Morgan fingerprint density at radius 2 is 1.85 bits per heavy atom. The van der Waals surface area contributed by atoms with Crippen molar-refractivity contribution in [3.63, 3.8) is 0 Å². The van der Waals surface area contributed by atoms with Crippen molar-refractivity contribution in [2.24, 2.45) is 0 Å².